The Morgan fingerprint density at radius 1 is 1.28 bits per heavy atom. The van der Waals surface area contributed by atoms with E-state index in [1.54, 1.807) is 18.3 Å². The summed E-state index contributed by atoms with van der Waals surface area (Å²) in [6, 6.07) is 9.09. The van der Waals surface area contributed by atoms with Crippen LogP contribution < -0.4 is 0 Å². The van der Waals surface area contributed by atoms with Crippen molar-refractivity contribution in [3.05, 3.63) is 48.9 Å². The zero-order chi connectivity index (χ0) is 12.4. The van der Waals surface area contributed by atoms with Crippen molar-refractivity contribution in [2.45, 2.75) is 0 Å². The lowest BCUT2D eigenvalue weighted by Crippen LogP contribution is -1.82. The molecule has 2 heterocycles. The van der Waals surface area contributed by atoms with E-state index in [0.29, 0.717) is 11.5 Å². The molecule has 0 fully saturated rings. The van der Waals surface area contributed by atoms with Crippen molar-refractivity contribution in [3.8, 4) is 11.3 Å². The Morgan fingerprint density at radius 2 is 2.22 bits per heavy atom. The summed E-state index contributed by atoms with van der Waals surface area (Å²) in [6.45, 7) is 0. The monoisotopic (exact) mass is 236 g/mol. The molecule has 0 aliphatic carbocycles. The number of imidazole rings is 1. The lowest BCUT2D eigenvalue weighted by atomic mass is 10.1. The summed E-state index contributed by atoms with van der Waals surface area (Å²) in [5.74, 6) is 0.636. The van der Waals surface area contributed by atoms with Crippen LogP contribution in [0.2, 0.25) is 0 Å². The number of hydrogen-bond donors (Lipinski definition) is 0. The number of hydrogen-bond acceptors (Lipinski definition) is 4. The van der Waals surface area contributed by atoms with Gasteiger partial charge in [0.05, 0.1) is 11.4 Å². The van der Waals surface area contributed by atoms with Crippen LogP contribution in [-0.4, -0.2) is 20.4 Å². The summed E-state index contributed by atoms with van der Waals surface area (Å²) >= 11 is 0. The Labute approximate surface area is 102 Å². The molecule has 2 aromatic heterocycles. The normalized spacial score (nSPS) is 10.2. The van der Waals surface area contributed by atoms with Crippen LogP contribution >= 0.6 is 0 Å². The highest BCUT2D eigenvalue weighted by Gasteiger charge is 2.05. The largest absolute Gasteiger partial charge is 0.291 e. The molecule has 0 saturated heterocycles. The minimum atomic E-state index is 0.563. The van der Waals surface area contributed by atoms with E-state index < -0.39 is 0 Å². The second-order valence-corrected chi connectivity index (χ2v) is 3.71. The van der Waals surface area contributed by atoms with E-state index in [4.69, 9.17) is 0 Å². The summed E-state index contributed by atoms with van der Waals surface area (Å²) in [7, 11) is 0. The van der Waals surface area contributed by atoms with Gasteiger partial charge in [0.1, 0.15) is 0 Å². The molecule has 0 atom stereocenters. The van der Waals surface area contributed by atoms with Crippen molar-refractivity contribution in [1.29, 1.82) is 0 Å². The number of aliphatic imine (C=N–C) groups is 1. The molecule has 5 heteroatoms. The number of isocyanates is 1. The Kier molecular flexibility index (Phi) is 2.44. The van der Waals surface area contributed by atoms with Crippen LogP contribution in [0.4, 0.5) is 5.69 Å². The molecule has 0 bridgehead atoms. The SMILES string of the molecule is O=C=Nc1cccc(-c2cn3cccnc3n2)c1. The van der Waals surface area contributed by atoms with Gasteiger partial charge in [-0.15, -0.1) is 0 Å². The van der Waals surface area contributed by atoms with Gasteiger partial charge in [-0.1, -0.05) is 12.1 Å². The fourth-order valence-electron chi connectivity index (χ4n) is 1.76. The third-order valence-corrected chi connectivity index (χ3v) is 2.55. The van der Waals surface area contributed by atoms with Crippen LogP contribution in [0.3, 0.4) is 0 Å². The minimum Gasteiger partial charge on any atom is -0.291 e. The molecule has 0 unspecified atom stereocenters. The number of benzene rings is 1. The van der Waals surface area contributed by atoms with Crippen LogP contribution in [0.1, 0.15) is 0 Å². The van der Waals surface area contributed by atoms with Gasteiger partial charge in [-0.2, -0.15) is 4.99 Å². The second kappa shape index (κ2) is 4.24. The molecule has 0 N–H and O–H groups in total. The molecular formula is C13H8N4O. The molecule has 86 valence electrons. The van der Waals surface area contributed by atoms with Crippen molar-refractivity contribution in [2.24, 2.45) is 4.99 Å². The van der Waals surface area contributed by atoms with Crippen LogP contribution in [0.5, 0.6) is 0 Å². The molecule has 0 aliphatic heterocycles. The first kappa shape index (κ1) is 10.4. The van der Waals surface area contributed by atoms with Crippen molar-refractivity contribution in [2.75, 3.05) is 0 Å². The van der Waals surface area contributed by atoms with Crippen LogP contribution in [0.15, 0.2) is 53.9 Å². The van der Waals surface area contributed by atoms with Gasteiger partial charge in [0, 0.05) is 24.2 Å². The highest BCUT2D eigenvalue weighted by Crippen LogP contribution is 2.23. The predicted molar refractivity (Wildman–Crippen MR) is 66.2 cm³/mol. The predicted octanol–water partition coefficient (Wildman–Crippen LogP) is 2.36. The van der Waals surface area contributed by atoms with Crippen molar-refractivity contribution >= 4 is 17.5 Å². The lowest BCUT2D eigenvalue weighted by Gasteiger charge is -1.96. The summed E-state index contributed by atoms with van der Waals surface area (Å²) in [4.78, 5) is 22.4. The molecule has 3 rings (SSSR count). The van der Waals surface area contributed by atoms with Crippen molar-refractivity contribution < 1.29 is 4.79 Å². The van der Waals surface area contributed by atoms with E-state index in [1.165, 1.54) is 6.08 Å². The van der Waals surface area contributed by atoms with Crippen molar-refractivity contribution in [1.82, 2.24) is 14.4 Å². The Morgan fingerprint density at radius 3 is 3.06 bits per heavy atom. The van der Waals surface area contributed by atoms with Gasteiger partial charge in [0.15, 0.2) is 0 Å². The fraction of sp³-hybridized carbons (Fsp3) is 0. The molecule has 1 aromatic carbocycles. The van der Waals surface area contributed by atoms with Gasteiger partial charge in [-0.3, -0.25) is 4.40 Å². The Bertz CT molecular complexity index is 723. The van der Waals surface area contributed by atoms with Crippen LogP contribution in [0, 0.1) is 0 Å². The highest BCUT2D eigenvalue weighted by atomic mass is 16.1. The first-order valence-corrected chi connectivity index (χ1v) is 5.35. The maximum absolute atomic E-state index is 10.2. The van der Waals surface area contributed by atoms with Gasteiger partial charge in [0.25, 0.3) is 0 Å². The van der Waals surface area contributed by atoms with Gasteiger partial charge in [0.2, 0.25) is 11.9 Å². The van der Waals surface area contributed by atoms with E-state index in [-0.39, 0.29) is 0 Å². The second-order valence-electron chi connectivity index (χ2n) is 3.71. The van der Waals surface area contributed by atoms with Gasteiger partial charge < -0.3 is 0 Å². The zero-order valence-electron chi connectivity index (χ0n) is 9.32. The molecule has 0 spiro atoms. The van der Waals surface area contributed by atoms with E-state index in [9.17, 15) is 4.79 Å². The molecule has 5 nitrogen and oxygen atoms in total. The van der Waals surface area contributed by atoms with Crippen molar-refractivity contribution in [3.63, 3.8) is 0 Å². The average Bonchev–Trinajstić information content (AvgIpc) is 2.83. The standard InChI is InChI=1S/C13H8N4O/c18-9-15-11-4-1-3-10(7-11)12-8-17-6-2-5-14-13(17)16-12/h1-8H. The quantitative estimate of drug-likeness (QED) is 0.507. The van der Waals surface area contributed by atoms with E-state index in [0.717, 1.165) is 11.3 Å². The molecular weight excluding hydrogens is 228 g/mol. The van der Waals surface area contributed by atoms with Gasteiger partial charge in [-0.05, 0) is 18.2 Å². The average molecular weight is 236 g/mol. The zero-order valence-corrected chi connectivity index (χ0v) is 9.32. The highest BCUT2D eigenvalue weighted by molar-refractivity contribution is 5.66. The number of aromatic nitrogens is 3. The summed E-state index contributed by atoms with van der Waals surface area (Å²) < 4.78 is 1.84. The van der Waals surface area contributed by atoms with Gasteiger partial charge >= 0.3 is 0 Å². The number of carbonyl (C=O) groups excluding carboxylic acids is 1. The first-order valence-electron chi connectivity index (χ1n) is 5.35. The summed E-state index contributed by atoms with van der Waals surface area (Å²) in [5, 5.41) is 0. The minimum absolute atomic E-state index is 0.563. The Hall–Kier alpha value is -2.78. The number of rotatable bonds is 2. The molecule has 18 heavy (non-hydrogen) atoms. The molecule has 0 amide bonds. The third-order valence-electron chi connectivity index (χ3n) is 2.55. The van der Waals surface area contributed by atoms with E-state index in [2.05, 4.69) is 15.0 Å². The van der Waals surface area contributed by atoms with Gasteiger partial charge in [-0.25, -0.2) is 14.8 Å². The van der Waals surface area contributed by atoms with Crippen LogP contribution in [-0.2, 0) is 4.79 Å². The number of nitrogens with zero attached hydrogens (tertiary/aromatic N) is 4. The molecule has 0 radical (unpaired) electrons. The maximum atomic E-state index is 10.2. The summed E-state index contributed by atoms with van der Waals surface area (Å²) in [5.41, 5.74) is 2.24. The molecule has 3 aromatic rings. The summed E-state index contributed by atoms with van der Waals surface area (Å²) in [6.07, 6.45) is 6.98. The Balaban J connectivity index is 2.13. The third kappa shape index (κ3) is 1.79. The maximum Gasteiger partial charge on any atom is 0.240 e. The lowest BCUT2D eigenvalue weighted by molar-refractivity contribution is 0.565. The molecule has 0 aliphatic rings. The first-order chi connectivity index (χ1) is 8.86. The fourth-order valence-corrected chi connectivity index (χ4v) is 1.76. The van der Waals surface area contributed by atoms with Crippen LogP contribution in [0.25, 0.3) is 17.0 Å². The van der Waals surface area contributed by atoms with E-state index in [1.807, 2.05) is 35.0 Å². The van der Waals surface area contributed by atoms with E-state index >= 15 is 0 Å². The molecule has 0 saturated carbocycles. The smallest absolute Gasteiger partial charge is 0.240 e. The topological polar surface area (TPSA) is 59.6 Å². The number of fused-ring (bicyclic) bond motifs is 1.